The van der Waals surface area contributed by atoms with E-state index in [1.54, 1.807) is 6.92 Å². The second kappa shape index (κ2) is 4.82. The molecule has 0 amide bonds. The molecule has 0 spiro atoms. The largest absolute Gasteiger partial charge is 0.516 e. The molecule has 0 radical (unpaired) electrons. The lowest BCUT2D eigenvalue weighted by molar-refractivity contribution is -0.0429. The SMILES string of the molecule is CCOc1cccc(NS(=O)(=O)C(F)(F)F)c1. The molecule has 0 unspecified atom stereocenters. The van der Waals surface area contributed by atoms with Crippen molar-refractivity contribution in [3.63, 3.8) is 0 Å². The van der Waals surface area contributed by atoms with E-state index in [0.29, 0.717) is 6.61 Å². The predicted molar refractivity (Wildman–Crippen MR) is 56.2 cm³/mol. The van der Waals surface area contributed by atoms with Gasteiger partial charge in [0.2, 0.25) is 0 Å². The van der Waals surface area contributed by atoms with Crippen molar-refractivity contribution in [1.29, 1.82) is 0 Å². The maximum atomic E-state index is 12.1. The number of alkyl halides is 3. The van der Waals surface area contributed by atoms with E-state index in [9.17, 15) is 21.6 Å². The Morgan fingerprint density at radius 2 is 2.00 bits per heavy atom. The predicted octanol–water partition coefficient (Wildman–Crippen LogP) is 2.35. The van der Waals surface area contributed by atoms with Crippen molar-refractivity contribution in [1.82, 2.24) is 0 Å². The van der Waals surface area contributed by atoms with E-state index < -0.39 is 15.5 Å². The summed E-state index contributed by atoms with van der Waals surface area (Å²) in [6, 6.07) is 5.27. The molecule has 0 aromatic heterocycles. The van der Waals surface area contributed by atoms with Crippen LogP contribution >= 0.6 is 0 Å². The zero-order chi connectivity index (χ0) is 13.1. The van der Waals surface area contributed by atoms with Gasteiger partial charge in [-0.05, 0) is 19.1 Å². The summed E-state index contributed by atoms with van der Waals surface area (Å²) in [6.45, 7) is 2.03. The van der Waals surface area contributed by atoms with Crippen LogP contribution in [0.15, 0.2) is 24.3 Å². The van der Waals surface area contributed by atoms with Crippen molar-refractivity contribution in [2.45, 2.75) is 12.4 Å². The molecule has 1 rings (SSSR count). The molecule has 0 fully saturated rings. The van der Waals surface area contributed by atoms with E-state index in [1.807, 2.05) is 0 Å². The molecular weight excluding hydrogens is 259 g/mol. The summed E-state index contributed by atoms with van der Waals surface area (Å²) in [5.41, 5.74) is -5.54. The van der Waals surface area contributed by atoms with Gasteiger partial charge in [-0.3, -0.25) is 4.72 Å². The third-order valence-electron chi connectivity index (χ3n) is 1.70. The van der Waals surface area contributed by atoms with Crippen molar-refractivity contribution in [2.75, 3.05) is 11.3 Å². The average molecular weight is 269 g/mol. The van der Waals surface area contributed by atoms with Gasteiger partial charge in [-0.25, -0.2) is 0 Å². The van der Waals surface area contributed by atoms with Crippen molar-refractivity contribution in [3.8, 4) is 5.75 Å². The van der Waals surface area contributed by atoms with Crippen molar-refractivity contribution < 1.29 is 26.3 Å². The maximum absolute atomic E-state index is 12.1. The number of hydrogen-bond acceptors (Lipinski definition) is 3. The molecule has 8 heteroatoms. The minimum Gasteiger partial charge on any atom is -0.494 e. The Hall–Kier alpha value is -1.44. The third kappa shape index (κ3) is 3.52. The Bertz CT molecular complexity index is 485. The minimum atomic E-state index is -5.39. The summed E-state index contributed by atoms with van der Waals surface area (Å²) in [5.74, 6) is 0.287. The van der Waals surface area contributed by atoms with Gasteiger partial charge in [0, 0.05) is 6.07 Å². The molecule has 1 aromatic carbocycles. The fourth-order valence-corrected chi connectivity index (χ4v) is 1.58. The second-order valence-electron chi connectivity index (χ2n) is 3.01. The molecular formula is C9H10F3NO3S. The van der Waals surface area contributed by atoms with Crippen LogP contribution in [0.3, 0.4) is 0 Å². The summed E-state index contributed by atoms with van der Waals surface area (Å²) in [6.07, 6.45) is 0. The van der Waals surface area contributed by atoms with Crippen LogP contribution in [0.1, 0.15) is 6.92 Å². The average Bonchev–Trinajstić information content (AvgIpc) is 2.16. The lowest BCUT2D eigenvalue weighted by Gasteiger charge is -2.11. The lowest BCUT2D eigenvalue weighted by atomic mass is 10.3. The summed E-state index contributed by atoms with van der Waals surface area (Å²) in [7, 11) is -5.39. The third-order valence-corrected chi connectivity index (χ3v) is 2.82. The molecule has 0 aliphatic heterocycles. The first-order chi connectivity index (χ1) is 7.76. The van der Waals surface area contributed by atoms with Gasteiger partial charge in [0.1, 0.15) is 5.75 Å². The summed E-state index contributed by atoms with van der Waals surface area (Å²) in [5, 5.41) is 0. The van der Waals surface area contributed by atoms with Crippen molar-refractivity contribution in [2.24, 2.45) is 0 Å². The minimum absolute atomic E-state index is 0.201. The van der Waals surface area contributed by atoms with Gasteiger partial charge in [0.05, 0.1) is 12.3 Å². The number of anilines is 1. The Morgan fingerprint density at radius 1 is 1.35 bits per heavy atom. The Balaban J connectivity index is 2.93. The van der Waals surface area contributed by atoms with Gasteiger partial charge in [-0.1, -0.05) is 6.07 Å². The van der Waals surface area contributed by atoms with Crippen LogP contribution in [-0.4, -0.2) is 20.5 Å². The van der Waals surface area contributed by atoms with Crippen LogP contribution in [-0.2, 0) is 10.0 Å². The van der Waals surface area contributed by atoms with Gasteiger partial charge >= 0.3 is 15.5 Å². The van der Waals surface area contributed by atoms with Crippen molar-refractivity contribution in [3.05, 3.63) is 24.3 Å². The molecule has 0 atom stereocenters. The number of benzene rings is 1. The normalized spacial score (nSPS) is 12.2. The molecule has 4 nitrogen and oxygen atoms in total. The zero-order valence-corrected chi connectivity index (χ0v) is 9.60. The molecule has 0 bridgehead atoms. The lowest BCUT2D eigenvalue weighted by Crippen LogP contribution is -2.29. The maximum Gasteiger partial charge on any atom is 0.516 e. The fraction of sp³-hybridized carbons (Fsp3) is 0.333. The van der Waals surface area contributed by atoms with Crippen LogP contribution in [0.4, 0.5) is 18.9 Å². The quantitative estimate of drug-likeness (QED) is 0.912. The van der Waals surface area contributed by atoms with E-state index in [0.717, 1.165) is 0 Å². The second-order valence-corrected chi connectivity index (χ2v) is 4.69. The molecule has 0 saturated heterocycles. The van der Waals surface area contributed by atoms with E-state index in [1.165, 1.54) is 29.0 Å². The number of halogens is 3. The highest BCUT2D eigenvalue weighted by molar-refractivity contribution is 7.93. The van der Waals surface area contributed by atoms with Crippen LogP contribution in [0.2, 0.25) is 0 Å². The van der Waals surface area contributed by atoms with Crippen LogP contribution in [0, 0.1) is 0 Å². The molecule has 17 heavy (non-hydrogen) atoms. The van der Waals surface area contributed by atoms with Crippen molar-refractivity contribution >= 4 is 15.7 Å². The number of ether oxygens (including phenoxy) is 1. The monoisotopic (exact) mass is 269 g/mol. The fourth-order valence-electron chi connectivity index (χ4n) is 1.03. The highest BCUT2D eigenvalue weighted by atomic mass is 32.2. The van der Waals surface area contributed by atoms with Crippen LogP contribution in [0.5, 0.6) is 5.75 Å². The summed E-state index contributed by atoms with van der Waals surface area (Å²) < 4.78 is 64.3. The number of hydrogen-bond donors (Lipinski definition) is 1. The molecule has 96 valence electrons. The van der Waals surface area contributed by atoms with Crippen LogP contribution in [0.25, 0.3) is 0 Å². The van der Waals surface area contributed by atoms with E-state index in [-0.39, 0.29) is 11.4 Å². The highest BCUT2D eigenvalue weighted by Gasteiger charge is 2.46. The van der Waals surface area contributed by atoms with E-state index in [4.69, 9.17) is 4.74 Å². The Labute approximate surface area is 96.4 Å². The summed E-state index contributed by atoms with van der Waals surface area (Å²) in [4.78, 5) is 0. The molecule has 0 heterocycles. The van der Waals surface area contributed by atoms with Gasteiger partial charge in [0.25, 0.3) is 0 Å². The standard InChI is InChI=1S/C9H10F3NO3S/c1-2-16-8-5-3-4-7(6-8)13-17(14,15)9(10,11)12/h3-6,13H,2H2,1H3. The molecule has 1 aromatic rings. The molecule has 0 saturated carbocycles. The van der Waals surface area contributed by atoms with Gasteiger partial charge in [-0.2, -0.15) is 21.6 Å². The van der Waals surface area contributed by atoms with Gasteiger partial charge < -0.3 is 4.74 Å². The van der Waals surface area contributed by atoms with E-state index >= 15 is 0 Å². The first-order valence-electron chi connectivity index (χ1n) is 4.58. The highest BCUT2D eigenvalue weighted by Crippen LogP contribution is 2.26. The number of nitrogens with one attached hydrogen (secondary N) is 1. The number of sulfonamides is 1. The first kappa shape index (κ1) is 13.6. The van der Waals surface area contributed by atoms with Crippen LogP contribution < -0.4 is 9.46 Å². The van der Waals surface area contributed by atoms with Gasteiger partial charge in [-0.15, -0.1) is 0 Å². The smallest absolute Gasteiger partial charge is 0.494 e. The topological polar surface area (TPSA) is 55.4 Å². The summed E-state index contributed by atoms with van der Waals surface area (Å²) >= 11 is 0. The Morgan fingerprint density at radius 3 is 2.53 bits per heavy atom. The molecule has 1 N–H and O–H groups in total. The Kier molecular flexibility index (Phi) is 3.87. The van der Waals surface area contributed by atoms with Gasteiger partial charge in [0.15, 0.2) is 0 Å². The zero-order valence-electron chi connectivity index (χ0n) is 8.78. The molecule has 0 aliphatic rings. The molecule has 0 aliphatic carbocycles. The van der Waals surface area contributed by atoms with E-state index in [2.05, 4.69) is 0 Å². The first-order valence-corrected chi connectivity index (χ1v) is 6.06. The number of rotatable bonds is 4.